The minimum Gasteiger partial charge on any atom is -0.288 e. The molecule has 0 atom stereocenters. The molecule has 0 radical (unpaired) electrons. The highest BCUT2D eigenvalue weighted by molar-refractivity contribution is 6.63. The van der Waals surface area contributed by atoms with E-state index in [0.717, 1.165) is 25.9 Å². The molecule has 5 heteroatoms. The van der Waals surface area contributed by atoms with Crippen LogP contribution in [-0.2, 0) is 4.79 Å². The average molecular weight is 243 g/mol. The van der Waals surface area contributed by atoms with Crippen molar-refractivity contribution in [1.29, 1.82) is 0 Å². The van der Waals surface area contributed by atoms with Gasteiger partial charge in [-0.15, -0.1) is 0 Å². The molecule has 1 saturated heterocycles. The number of likely N-dealkylation sites (tertiary alicyclic amines) is 1. The van der Waals surface area contributed by atoms with Gasteiger partial charge >= 0.3 is 0 Å². The van der Waals surface area contributed by atoms with E-state index in [1.54, 1.807) is 4.90 Å². The van der Waals surface area contributed by atoms with Crippen LogP contribution in [0, 0.1) is 0 Å². The third kappa shape index (κ3) is 2.38. The van der Waals surface area contributed by atoms with Crippen LogP contribution in [0.25, 0.3) is 0 Å². The van der Waals surface area contributed by atoms with Gasteiger partial charge < -0.3 is 0 Å². The number of rotatable bonds is 3. The van der Waals surface area contributed by atoms with Gasteiger partial charge in [0.25, 0.3) is 0 Å². The molecule has 0 unspecified atom stereocenters. The van der Waals surface area contributed by atoms with Gasteiger partial charge in [-0.25, -0.2) is 0 Å². The summed E-state index contributed by atoms with van der Waals surface area (Å²) < 4.78 is -1.53. The number of hydrogen-bond acceptors (Lipinski definition) is 2. The fourth-order valence-electron chi connectivity index (χ4n) is 1.30. The van der Waals surface area contributed by atoms with Crippen LogP contribution in [0.1, 0.15) is 12.8 Å². The minimum absolute atomic E-state index is 0.128. The van der Waals surface area contributed by atoms with Crippen molar-refractivity contribution in [3.63, 3.8) is 0 Å². The monoisotopic (exact) mass is 241 g/mol. The summed E-state index contributed by atoms with van der Waals surface area (Å²) in [6.45, 7) is 4.76. The first-order valence-corrected chi connectivity index (χ1v) is 5.11. The van der Waals surface area contributed by atoms with E-state index in [4.69, 9.17) is 34.8 Å². The number of halogens is 3. The first-order valence-electron chi connectivity index (χ1n) is 3.98. The fraction of sp³-hybridized carbons (Fsp3) is 0.625. The number of nitrogens with zero attached hydrogens (tertiary/aromatic N) is 1. The van der Waals surface area contributed by atoms with Crippen LogP contribution in [-0.4, -0.2) is 28.2 Å². The number of alkyl halides is 2. The van der Waals surface area contributed by atoms with E-state index < -0.39 is 10.2 Å². The van der Waals surface area contributed by atoms with Gasteiger partial charge in [0, 0.05) is 13.1 Å². The van der Waals surface area contributed by atoms with E-state index in [9.17, 15) is 4.79 Å². The highest BCUT2D eigenvalue weighted by Crippen LogP contribution is 2.33. The molecule has 0 spiro atoms. The zero-order valence-electron chi connectivity index (χ0n) is 7.02. The Labute approximate surface area is 92.4 Å². The van der Waals surface area contributed by atoms with E-state index >= 15 is 0 Å². The van der Waals surface area contributed by atoms with Crippen molar-refractivity contribution in [1.82, 2.24) is 4.90 Å². The summed E-state index contributed by atoms with van der Waals surface area (Å²) in [6.07, 6.45) is 2.01. The van der Waals surface area contributed by atoms with Gasteiger partial charge in [-0.05, 0) is 12.8 Å². The molecule has 0 saturated carbocycles. The summed E-state index contributed by atoms with van der Waals surface area (Å²) in [5.74, 6) is -0.528. The van der Waals surface area contributed by atoms with Gasteiger partial charge in [0.05, 0.1) is 5.03 Å². The van der Waals surface area contributed by atoms with Crippen molar-refractivity contribution in [3.05, 3.63) is 11.6 Å². The Morgan fingerprint density at radius 2 is 1.77 bits per heavy atom. The maximum atomic E-state index is 11.4. The maximum Gasteiger partial charge on any atom is 0.235 e. The van der Waals surface area contributed by atoms with Crippen LogP contribution < -0.4 is 0 Å². The van der Waals surface area contributed by atoms with E-state index in [2.05, 4.69) is 6.58 Å². The SMILES string of the molecule is C=C(Cl)C(=O)C(Cl)(Cl)N1CCCC1. The molecule has 1 aliphatic heterocycles. The maximum absolute atomic E-state index is 11.4. The summed E-state index contributed by atoms with van der Waals surface area (Å²) in [5, 5.41) is -0.128. The second-order valence-corrected chi connectivity index (χ2v) is 4.71. The van der Waals surface area contributed by atoms with Crippen molar-refractivity contribution in [2.45, 2.75) is 17.3 Å². The van der Waals surface area contributed by atoms with Gasteiger partial charge in [-0.2, -0.15) is 0 Å². The Kier molecular flexibility index (Phi) is 3.64. The predicted molar refractivity (Wildman–Crippen MR) is 55.2 cm³/mol. The Morgan fingerprint density at radius 1 is 1.31 bits per heavy atom. The lowest BCUT2D eigenvalue weighted by atomic mass is 10.3. The van der Waals surface area contributed by atoms with Crippen LogP contribution in [0.3, 0.4) is 0 Å². The normalized spacial score (nSPS) is 19.0. The van der Waals surface area contributed by atoms with Crippen LogP contribution in [0.4, 0.5) is 0 Å². The number of carbonyl (C=O) groups is 1. The summed E-state index contributed by atoms with van der Waals surface area (Å²) in [6, 6.07) is 0. The Morgan fingerprint density at radius 3 is 2.15 bits per heavy atom. The molecular formula is C8H10Cl3NO. The second-order valence-electron chi connectivity index (χ2n) is 2.97. The zero-order valence-corrected chi connectivity index (χ0v) is 9.29. The van der Waals surface area contributed by atoms with Crippen LogP contribution in [0.2, 0.25) is 0 Å². The third-order valence-electron chi connectivity index (χ3n) is 2.02. The molecule has 13 heavy (non-hydrogen) atoms. The van der Waals surface area contributed by atoms with E-state index in [0.29, 0.717) is 0 Å². The number of hydrogen-bond donors (Lipinski definition) is 0. The minimum atomic E-state index is -1.53. The molecule has 0 amide bonds. The van der Waals surface area contributed by atoms with Crippen molar-refractivity contribution in [3.8, 4) is 0 Å². The van der Waals surface area contributed by atoms with Crippen molar-refractivity contribution in [2.24, 2.45) is 0 Å². The molecule has 2 nitrogen and oxygen atoms in total. The topological polar surface area (TPSA) is 20.3 Å². The van der Waals surface area contributed by atoms with Crippen molar-refractivity contribution >= 4 is 40.6 Å². The van der Waals surface area contributed by atoms with Crippen LogP contribution >= 0.6 is 34.8 Å². The molecule has 1 fully saturated rings. The van der Waals surface area contributed by atoms with Gasteiger partial charge in [0.1, 0.15) is 0 Å². The molecule has 0 aromatic rings. The molecule has 1 aliphatic rings. The Hall–Kier alpha value is 0.240. The predicted octanol–water partition coefficient (Wildman–Crippen LogP) is 2.54. The molecule has 0 aromatic carbocycles. The van der Waals surface area contributed by atoms with Gasteiger partial charge in [0.15, 0.2) is 0 Å². The van der Waals surface area contributed by atoms with E-state index in [-0.39, 0.29) is 5.03 Å². The summed E-state index contributed by atoms with van der Waals surface area (Å²) in [5.41, 5.74) is 0. The summed E-state index contributed by atoms with van der Waals surface area (Å²) in [4.78, 5) is 13.1. The lowest BCUT2D eigenvalue weighted by Gasteiger charge is -2.28. The Balaban J connectivity index is 2.73. The zero-order chi connectivity index (χ0) is 10.1. The lowest BCUT2D eigenvalue weighted by molar-refractivity contribution is -0.118. The van der Waals surface area contributed by atoms with E-state index in [1.807, 2.05) is 0 Å². The second kappa shape index (κ2) is 4.18. The molecule has 0 aliphatic carbocycles. The fourth-order valence-corrected chi connectivity index (χ4v) is 2.10. The van der Waals surface area contributed by atoms with Crippen LogP contribution in [0.15, 0.2) is 11.6 Å². The molecule has 1 rings (SSSR count). The average Bonchev–Trinajstić information content (AvgIpc) is 2.54. The highest BCUT2D eigenvalue weighted by atomic mass is 35.5. The molecule has 0 N–H and O–H groups in total. The third-order valence-corrected chi connectivity index (χ3v) is 3.02. The molecule has 74 valence electrons. The number of Topliss-reactive ketones (excluding diaryl/α,β-unsaturated/α-hetero) is 1. The van der Waals surface area contributed by atoms with Crippen LogP contribution in [0.5, 0.6) is 0 Å². The Bertz CT molecular complexity index is 234. The van der Waals surface area contributed by atoms with Crippen molar-refractivity contribution in [2.75, 3.05) is 13.1 Å². The molecule has 1 heterocycles. The highest BCUT2D eigenvalue weighted by Gasteiger charge is 2.41. The molecule has 0 bridgehead atoms. The number of ketones is 1. The van der Waals surface area contributed by atoms with Gasteiger partial charge in [0.2, 0.25) is 10.2 Å². The molecular weight excluding hydrogens is 232 g/mol. The van der Waals surface area contributed by atoms with Gasteiger partial charge in [-0.1, -0.05) is 41.4 Å². The van der Waals surface area contributed by atoms with Gasteiger partial charge in [-0.3, -0.25) is 9.69 Å². The first-order chi connectivity index (χ1) is 5.96. The largest absolute Gasteiger partial charge is 0.288 e. The summed E-state index contributed by atoms with van der Waals surface area (Å²) in [7, 11) is 0. The lowest BCUT2D eigenvalue weighted by Crippen LogP contribution is -2.44. The standard InChI is InChI=1S/C8H10Cl3NO/c1-6(9)7(13)8(10,11)12-4-2-3-5-12/h1-5H2. The molecule has 0 aromatic heterocycles. The summed E-state index contributed by atoms with van der Waals surface area (Å²) >= 11 is 17.2. The van der Waals surface area contributed by atoms with E-state index in [1.165, 1.54) is 0 Å². The first kappa shape index (κ1) is 11.3. The van der Waals surface area contributed by atoms with Crippen molar-refractivity contribution < 1.29 is 4.79 Å². The quantitative estimate of drug-likeness (QED) is 0.431. The number of carbonyl (C=O) groups excluding carboxylic acids is 1. The smallest absolute Gasteiger partial charge is 0.235 e.